The van der Waals surface area contributed by atoms with E-state index in [9.17, 15) is 13.2 Å². The molecule has 41 heavy (non-hydrogen) atoms. The number of ether oxygens (including phenoxy) is 3. The molecule has 3 saturated heterocycles. The molecule has 0 saturated carbocycles. The van der Waals surface area contributed by atoms with Gasteiger partial charge < -0.3 is 24.4 Å². The highest BCUT2D eigenvalue weighted by Crippen LogP contribution is 2.39. The summed E-state index contributed by atoms with van der Waals surface area (Å²) in [7, 11) is -1.32. The molecule has 3 atom stereocenters. The Morgan fingerprint density at radius 3 is 2.41 bits per heavy atom. The topological polar surface area (TPSA) is 141 Å². The zero-order valence-electron chi connectivity index (χ0n) is 24.7. The lowest BCUT2D eigenvalue weighted by Crippen LogP contribution is -2.58. The predicted molar refractivity (Wildman–Crippen MR) is 153 cm³/mol. The van der Waals surface area contributed by atoms with Crippen molar-refractivity contribution in [1.29, 1.82) is 0 Å². The van der Waals surface area contributed by atoms with E-state index in [4.69, 9.17) is 24.2 Å². The Morgan fingerprint density at radius 1 is 1.15 bits per heavy atom. The molecule has 0 amide bonds. The van der Waals surface area contributed by atoms with E-state index in [1.54, 1.807) is 51.1 Å². The van der Waals surface area contributed by atoms with E-state index in [2.05, 4.69) is 10.4 Å². The molecule has 5 rings (SSSR count). The molecule has 0 radical (unpaired) electrons. The Hall–Kier alpha value is -2.97. The lowest BCUT2D eigenvalue weighted by atomic mass is 9.83. The van der Waals surface area contributed by atoms with E-state index < -0.39 is 21.7 Å². The summed E-state index contributed by atoms with van der Waals surface area (Å²) >= 11 is 0. The van der Waals surface area contributed by atoms with E-state index in [0.717, 1.165) is 19.3 Å². The first-order chi connectivity index (χ1) is 19.3. The maximum atomic E-state index is 12.9. The van der Waals surface area contributed by atoms with Gasteiger partial charge in [0.1, 0.15) is 17.5 Å². The Bertz CT molecular complexity index is 1360. The first kappa shape index (κ1) is 29.5. The van der Waals surface area contributed by atoms with Crippen LogP contribution in [0.15, 0.2) is 12.1 Å². The zero-order chi connectivity index (χ0) is 29.5. The molecule has 3 aliphatic rings. The normalized spacial score (nSPS) is 23.5. The quantitative estimate of drug-likeness (QED) is 0.482. The molecule has 13 nitrogen and oxygen atoms in total. The fraction of sp³-hybridized carbons (Fsp3) is 0.704. The van der Waals surface area contributed by atoms with Crippen molar-refractivity contribution in [3.05, 3.63) is 17.8 Å². The molecule has 1 unspecified atom stereocenters. The molecule has 0 aromatic carbocycles. The Morgan fingerprint density at radius 2 is 1.83 bits per heavy atom. The van der Waals surface area contributed by atoms with Crippen LogP contribution in [0.5, 0.6) is 5.88 Å². The third-order valence-corrected chi connectivity index (χ3v) is 9.70. The van der Waals surface area contributed by atoms with Gasteiger partial charge in [0.2, 0.25) is 21.9 Å². The number of hydrogen-bond acceptors (Lipinski definition) is 11. The molecule has 0 aliphatic carbocycles. The fourth-order valence-corrected chi connectivity index (χ4v) is 7.29. The SMILES string of the molecule is CCS(=O)(=O)N1[C@@H]2CCC[C@H]1CC(N(C)c1nc(Nc3cc(C)n(C(=O)OC(C)(C)C)n3)cc(OC3COC3)n1)C2. The monoisotopic (exact) mass is 591 g/mol. The van der Waals surface area contributed by atoms with Crippen molar-refractivity contribution in [3.8, 4) is 5.88 Å². The van der Waals surface area contributed by atoms with Gasteiger partial charge in [-0.3, -0.25) is 0 Å². The maximum absolute atomic E-state index is 12.9. The number of nitrogens with zero attached hydrogens (tertiary/aromatic N) is 6. The Balaban J connectivity index is 1.39. The highest BCUT2D eigenvalue weighted by Gasteiger charge is 2.45. The highest BCUT2D eigenvalue weighted by molar-refractivity contribution is 7.89. The minimum Gasteiger partial charge on any atom is -0.469 e. The van der Waals surface area contributed by atoms with Gasteiger partial charge in [-0.15, -0.1) is 5.10 Å². The number of sulfonamides is 1. The number of nitrogens with one attached hydrogen (secondary N) is 1. The van der Waals surface area contributed by atoms with Gasteiger partial charge in [0.05, 0.1) is 19.0 Å². The molecule has 5 heterocycles. The second-order valence-corrected chi connectivity index (χ2v) is 14.2. The smallest absolute Gasteiger partial charge is 0.435 e. The summed E-state index contributed by atoms with van der Waals surface area (Å²) < 4.78 is 45.5. The summed E-state index contributed by atoms with van der Waals surface area (Å²) in [5.74, 6) is 1.85. The number of rotatable bonds is 8. The van der Waals surface area contributed by atoms with Crippen LogP contribution in [0.2, 0.25) is 0 Å². The molecular weight excluding hydrogens is 550 g/mol. The van der Waals surface area contributed by atoms with Crippen LogP contribution in [0.4, 0.5) is 22.4 Å². The molecule has 1 N–H and O–H groups in total. The first-order valence-corrected chi connectivity index (χ1v) is 15.9. The molecular formula is C27H41N7O6S. The van der Waals surface area contributed by atoms with E-state index in [0.29, 0.717) is 55.2 Å². The van der Waals surface area contributed by atoms with E-state index in [1.165, 1.54) is 4.68 Å². The Kier molecular flexibility index (Phi) is 8.18. The number of aryl methyl sites for hydroxylation is 1. The number of fused-ring (bicyclic) bond motifs is 2. The number of anilines is 3. The fourth-order valence-electron chi connectivity index (χ4n) is 5.70. The van der Waals surface area contributed by atoms with Gasteiger partial charge in [-0.2, -0.15) is 19.0 Å². The second kappa shape index (κ2) is 11.4. The van der Waals surface area contributed by atoms with Crippen molar-refractivity contribution in [2.45, 2.75) is 96.6 Å². The molecule has 226 valence electrons. The predicted octanol–water partition coefficient (Wildman–Crippen LogP) is 3.46. The summed E-state index contributed by atoms with van der Waals surface area (Å²) in [6.07, 6.45) is 3.51. The second-order valence-electron chi connectivity index (χ2n) is 12.1. The van der Waals surface area contributed by atoms with Crippen LogP contribution in [-0.2, 0) is 19.5 Å². The number of carbonyl (C=O) groups is 1. The third kappa shape index (κ3) is 6.59. The van der Waals surface area contributed by atoms with Gasteiger partial charge in [-0.05, 0) is 60.3 Å². The standard InChI is InChI=1S/C27H41N7O6S/c1-7-41(36,37)34-18-9-8-10-19(34)13-20(12-18)32(6)25-29-22(14-24(30-25)39-21-15-38-16-21)28-23-11-17(2)33(31-23)26(35)40-27(3,4)5/h11,14,18-21H,7-10,12-13,15-16H2,1-6H3,(H,28,29,30,31)/t18-,19+,20?. The summed E-state index contributed by atoms with van der Waals surface area (Å²) in [6, 6.07) is 3.45. The summed E-state index contributed by atoms with van der Waals surface area (Å²) in [5, 5.41) is 7.57. The van der Waals surface area contributed by atoms with Gasteiger partial charge in [0.15, 0.2) is 5.82 Å². The van der Waals surface area contributed by atoms with E-state index in [1.807, 2.05) is 11.9 Å². The molecule has 2 aromatic rings. The maximum Gasteiger partial charge on any atom is 0.435 e. The zero-order valence-corrected chi connectivity index (χ0v) is 25.5. The van der Waals surface area contributed by atoms with Crippen molar-refractivity contribution < 1.29 is 27.4 Å². The molecule has 3 fully saturated rings. The van der Waals surface area contributed by atoms with Crippen molar-refractivity contribution in [2.24, 2.45) is 0 Å². The average molecular weight is 592 g/mol. The van der Waals surface area contributed by atoms with Gasteiger partial charge >= 0.3 is 6.09 Å². The lowest BCUT2D eigenvalue weighted by Gasteiger charge is -2.49. The van der Waals surface area contributed by atoms with Crippen molar-refractivity contribution >= 4 is 33.7 Å². The Labute approximate surface area is 241 Å². The van der Waals surface area contributed by atoms with Crippen LogP contribution < -0.4 is 15.0 Å². The largest absolute Gasteiger partial charge is 0.469 e. The summed E-state index contributed by atoms with van der Waals surface area (Å²) in [4.78, 5) is 24.1. The van der Waals surface area contributed by atoms with E-state index in [-0.39, 0.29) is 30.0 Å². The van der Waals surface area contributed by atoms with Crippen molar-refractivity contribution in [2.75, 3.05) is 36.2 Å². The van der Waals surface area contributed by atoms with Crippen LogP contribution in [-0.4, -0.2) is 94.4 Å². The van der Waals surface area contributed by atoms with Crippen LogP contribution in [0.3, 0.4) is 0 Å². The number of piperidine rings is 2. The van der Waals surface area contributed by atoms with Crippen LogP contribution >= 0.6 is 0 Å². The lowest BCUT2D eigenvalue weighted by molar-refractivity contribution is -0.0813. The summed E-state index contributed by atoms with van der Waals surface area (Å²) in [5.41, 5.74) is -0.0428. The molecule has 2 aromatic heterocycles. The molecule has 0 spiro atoms. The van der Waals surface area contributed by atoms with Crippen LogP contribution in [0.25, 0.3) is 0 Å². The number of hydrogen-bond donors (Lipinski definition) is 1. The summed E-state index contributed by atoms with van der Waals surface area (Å²) in [6.45, 7) is 9.87. The minimum atomic E-state index is -3.27. The van der Waals surface area contributed by atoms with Gasteiger partial charge in [0.25, 0.3) is 0 Å². The molecule has 3 aliphatic heterocycles. The molecule has 14 heteroatoms. The number of aromatic nitrogens is 4. The first-order valence-electron chi connectivity index (χ1n) is 14.3. The van der Waals surface area contributed by atoms with Gasteiger partial charge in [-0.1, -0.05) is 6.42 Å². The van der Waals surface area contributed by atoms with Gasteiger partial charge in [0, 0.05) is 43.0 Å². The van der Waals surface area contributed by atoms with Crippen molar-refractivity contribution in [3.63, 3.8) is 0 Å². The van der Waals surface area contributed by atoms with E-state index >= 15 is 0 Å². The van der Waals surface area contributed by atoms with Crippen molar-refractivity contribution in [1.82, 2.24) is 24.1 Å². The van der Waals surface area contributed by atoms with Crippen LogP contribution in [0, 0.1) is 6.92 Å². The highest BCUT2D eigenvalue weighted by atomic mass is 32.2. The van der Waals surface area contributed by atoms with Crippen LogP contribution in [0.1, 0.15) is 65.5 Å². The average Bonchev–Trinajstić information content (AvgIpc) is 3.23. The van der Waals surface area contributed by atoms with Gasteiger partial charge in [-0.25, -0.2) is 13.2 Å². The molecule has 2 bridgehead atoms. The number of carbonyl (C=O) groups excluding carboxylic acids is 1. The third-order valence-electron chi connectivity index (χ3n) is 7.73. The minimum absolute atomic E-state index is 0.0242.